The molecule has 0 heterocycles. The van der Waals surface area contributed by atoms with Gasteiger partial charge in [-0.25, -0.2) is 0 Å². The fraction of sp³-hybridized carbons (Fsp3) is 0.394. The van der Waals surface area contributed by atoms with Crippen LogP contribution in [0, 0.1) is 55.4 Å². The lowest BCUT2D eigenvalue weighted by Gasteiger charge is -2.29. The molecule has 0 aliphatic rings. The highest BCUT2D eigenvalue weighted by Crippen LogP contribution is 2.46. The normalized spacial score (nSPS) is 10.6. The average Bonchev–Trinajstić information content (AvgIpc) is 0.756. The van der Waals surface area contributed by atoms with Gasteiger partial charge in [-0.1, -0.05) is 193 Å². The maximum Gasteiger partial charge on any atom is 0.0781 e. The summed E-state index contributed by atoms with van der Waals surface area (Å²) in [6, 6.07) is 37.5. The van der Waals surface area contributed by atoms with Gasteiger partial charge in [-0.2, -0.15) is 0 Å². The highest BCUT2D eigenvalue weighted by atomic mass is 14.7. The molecular weight excluding hydrogens is 1480 g/mol. The molecule has 0 unspecified atom stereocenters. The van der Waals surface area contributed by atoms with Crippen molar-refractivity contribution in [2.24, 2.45) is 0 Å². The number of aryl methyl sites for hydroxylation is 7. The second kappa shape index (κ2) is 48.8. The number of hydrogen-bond donors (Lipinski definition) is 21. The molecule has 10 aromatic rings. The van der Waals surface area contributed by atoms with Crippen LogP contribution in [0.3, 0.4) is 0 Å². The van der Waals surface area contributed by atoms with E-state index in [9.17, 15) is 0 Å². The molecule has 0 radical (unpaired) electrons. The molecule has 0 saturated carbocycles. The van der Waals surface area contributed by atoms with Crippen molar-refractivity contribution in [2.45, 2.75) is 260 Å². The van der Waals surface area contributed by atoms with Crippen LogP contribution in [0.25, 0.3) is 0 Å². The van der Waals surface area contributed by atoms with Crippen LogP contribution in [0.2, 0.25) is 0 Å². The van der Waals surface area contributed by atoms with Gasteiger partial charge in [-0.05, 0) is 288 Å². The van der Waals surface area contributed by atoms with Crippen molar-refractivity contribution >= 4 is 119 Å². The summed E-state index contributed by atoms with van der Waals surface area (Å²) >= 11 is 0. The Morgan fingerprint density at radius 3 is 0.792 bits per heavy atom. The number of benzene rings is 10. The van der Waals surface area contributed by atoms with E-state index < -0.39 is 0 Å². The van der Waals surface area contributed by atoms with E-state index >= 15 is 0 Å². The van der Waals surface area contributed by atoms with Crippen molar-refractivity contribution in [3.8, 4) is 0 Å². The molecule has 120 heavy (non-hydrogen) atoms. The fourth-order valence-corrected chi connectivity index (χ4v) is 13.6. The lowest BCUT2D eigenvalue weighted by atomic mass is 9.78. The summed E-state index contributed by atoms with van der Waals surface area (Å²) in [5.41, 5.74) is 159. The molecule has 0 amide bonds. The van der Waals surface area contributed by atoms with Gasteiger partial charge in [-0.15, -0.1) is 0 Å². The number of hydrogen-bond acceptors (Lipinski definition) is 21. The van der Waals surface area contributed by atoms with Gasteiger partial charge in [0.2, 0.25) is 0 Å². The van der Waals surface area contributed by atoms with Gasteiger partial charge in [0, 0.05) is 108 Å². The largest absolute Gasteiger partial charge is 0.399 e. The van der Waals surface area contributed by atoms with Crippen LogP contribution in [0.4, 0.5) is 119 Å². The van der Waals surface area contributed by atoms with Gasteiger partial charge in [0.1, 0.15) is 0 Å². The molecule has 0 atom stereocenters. The maximum atomic E-state index is 6.58. The summed E-state index contributed by atoms with van der Waals surface area (Å²) in [6.07, 6.45) is 1.88. The summed E-state index contributed by atoms with van der Waals surface area (Å²) in [5, 5.41) is 0. The monoisotopic (exact) mass is 1640 g/mol. The Bertz CT molecular complexity index is 4600. The third-order valence-corrected chi connectivity index (χ3v) is 21.0. The lowest BCUT2D eigenvalue weighted by Crippen LogP contribution is -2.16. The predicted octanol–water partition coefficient (Wildman–Crippen LogP) is 21.8. The summed E-state index contributed by atoms with van der Waals surface area (Å²) in [4.78, 5) is 0. The van der Waals surface area contributed by atoms with Crippen LogP contribution < -0.4 is 120 Å². The highest BCUT2D eigenvalue weighted by Gasteiger charge is 2.27. The average molecular weight is 1640 g/mol. The zero-order valence-corrected chi connectivity index (χ0v) is 78.3. The smallest absolute Gasteiger partial charge is 0.0781 e. The van der Waals surface area contributed by atoms with E-state index in [0.717, 1.165) is 159 Å². The summed E-state index contributed by atoms with van der Waals surface area (Å²) < 4.78 is 0. The first kappa shape index (κ1) is 106. The molecule has 660 valence electrons. The van der Waals surface area contributed by atoms with Crippen molar-refractivity contribution in [3.05, 3.63) is 227 Å². The van der Waals surface area contributed by atoms with Crippen molar-refractivity contribution in [3.63, 3.8) is 0 Å². The zero-order chi connectivity index (χ0) is 92.8. The van der Waals surface area contributed by atoms with Gasteiger partial charge in [0.05, 0.1) is 17.1 Å². The first-order valence-electron chi connectivity index (χ1n) is 41.8. The van der Waals surface area contributed by atoms with Crippen molar-refractivity contribution in [1.82, 2.24) is 0 Å². The Labute approximate surface area is 722 Å². The van der Waals surface area contributed by atoms with E-state index in [1.165, 1.54) is 50.1 Å². The van der Waals surface area contributed by atoms with E-state index in [4.69, 9.17) is 120 Å². The maximum absolute atomic E-state index is 6.58. The number of para-hydroxylation sites is 1. The van der Waals surface area contributed by atoms with E-state index in [1.807, 2.05) is 110 Å². The minimum Gasteiger partial charge on any atom is -0.399 e. The Hall–Kier alpha value is -12.0. The molecular formula is C99H159N21. The molecule has 0 aromatic heterocycles. The van der Waals surface area contributed by atoms with Crippen LogP contribution in [0.5, 0.6) is 0 Å². The van der Waals surface area contributed by atoms with Gasteiger partial charge >= 0.3 is 0 Å². The lowest BCUT2D eigenvalue weighted by molar-refractivity contribution is 0.757. The zero-order valence-electron chi connectivity index (χ0n) is 78.3. The molecule has 0 fully saturated rings. The number of nitrogen functional groups attached to an aromatic ring is 21. The SMILES string of the molecule is CC(C)c1c(N)c(C(C)C)c(C(C)C)c(N)c1C(C)C.CC(C)c1cc(C(C)C)c(N)c(C(C)C)c1N.CC(C)c1cc(C(C)C)c(N)cc1N.CCc1cc(C)c(N)c(CC)c1N.Cc1c(N)cccc1N.Cc1cc(C)c(N)c(C)c1N.Cc1cc(C)c(N)cc1N.Cc1ccc(N)cc1N.Nc1cccc(N)c1.Nc1cccc(N)c1N. The standard InChI is InChI=1S/C18H32N2.C15H26N2.C12H20N2.C11H18N2.C9H14N2.C8H12N2.2C7H10N2.C6H9N3.C6H8N2/c1-9(2)13-14(10(3)4)18(20)16(12(7)8)15(11(5)6)17(13)19;1-8(2)11-7-12(9(3)4)15(17)13(10(5)6)14(11)16;1-7(2)9-5-10(8(3)4)12(14)6-11(9)13;1-4-8-6-7(3)10(12)9(5-2)11(8)13;1-5-4-6(2)9(11)7(3)8(5)10;1-5-3-6(2)8(10)4-7(5)9;1-5-2-3-6(8)4-7(5)9;1-5-6(8)3-2-4-7(5)9;7-4-2-1-3-5(8)6(4)9;7-5-2-1-3-6(8)4-5/h9-12H,19-20H2,1-8H3;7-10H,16-17H2,1-6H3;5-8H,13-14H2,1-4H3;6H,4-5,12-13H2,1-3H3;4H,10-11H2,1-3H3;3-4H,9-10H2,1-2H3;2*2-4H,8-9H2,1H3;1-3H,7-9H2;1-4H,7-8H2. The third kappa shape index (κ3) is 30.7. The molecule has 0 saturated heterocycles. The quantitative estimate of drug-likeness (QED) is 0.0535. The molecule has 0 aliphatic heterocycles. The number of rotatable bonds is 11. The van der Waals surface area contributed by atoms with Gasteiger partial charge < -0.3 is 120 Å². The van der Waals surface area contributed by atoms with Crippen LogP contribution in [-0.4, -0.2) is 0 Å². The molecule has 21 heteroatoms. The highest BCUT2D eigenvalue weighted by molar-refractivity contribution is 5.78. The van der Waals surface area contributed by atoms with Crippen LogP contribution in [0.15, 0.2) is 121 Å². The number of nitrogens with two attached hydrogens (primary N) is 21. The first-order valence-corrected chi connectivity index (χ1v) is 41.8. The van der Waals surface area contributed by atoms with Crippen molar-refractivity contribution < 1.29 is 0 Å². The van der Waals surface area contributed by atoms with Crippen molar-refractivity contribution in [2.75, 3.05) is 120 Å². The van der Waals surface area contributed by atoms with E-state index in [0.29, 0.717) is 81.7 Å². The van der Waals surface area contributed by atoms with Gasteiger partial charge in [0.25, 0.3) is 0 Å². The Morgan fingerprint density at radius 2 is 0.508 bits per heavy atom. The number of anilines is 21. The van der Waals surface area contributed by atoms with E-state index in [1.54, 1.807) is 48.5 Å². The molecule has 0 bridgehead atoms. The molecule has 10 aromatic carbocycles. The first-order chi connectivity index (χ1) is 55.5. The second-order valence-corrected chi connectivity index (χ2v) is 33.9. The minimum atomic E-state index is 0.367. The second-order valence-electron chi connectivity index (χ2n) is 33.9. The van der Waals surface area contributed by atoms with Gasteiger partial charge in [-0.3, -0.25) is 0 Å². The summed E-state index contributed by atoms with van der Waals surface area (Å²) in [7, 11) is 0. The van der Waals surface area contributed by atoms with Gasteiger partial charge in [0.15, 0.2) is 0 Å². The molecule has 0 spiro atoms. The molecule has 42 N–H and O–H groups in total. The fourth-order valence-electron chi connectivity index (χ4n) is 13.6. The Kier molecular flexibility index (Phi) is 43.1. The van der Waals surface area contributed by atoms with E-state index in [-0.39, 0.29) is 0 Å². The Balaban J connectivity index is 0.000000675. The van der Waals surface area contributed by atoms with Crippen LogP contribution in [0.1, 0.15) is 297 Å². The predicted molar refractivity (Wildman–Crippen MR) is 541 cm³/mol. The third-order valence-electron chi connectivity index (χ3n) is 21.0. The van der Waals surface area contributed by atoms with Crippen LogP contribution in [-0.2, 0) is 12.8 Å². The Morgan fingerprint density at radius 1 is 0.200 bits per heavy atom. The minimum absolute atomic E-state index is 0.367. The molecule has 0 aliphatic carbocycles. The molecule has 10 rings (SSSR count). The summed E-state index contributed by atoms with van der Waals surface area (Å²) in [6.45, 7) is 59.2. The van der Waals surface area contributed by atoms with Crippen LogP contribution >= 0.6 is 0 Å². The summed E-state index contributed by atoms with van der Waals surface area (Å²) in [5.74, 6) is 3.73. The van der Waals surface area contributed by atoms with Crippen molar-refractivity contribution in [1.29, 1.82) is 0 Å². The molecule has 21 nitrogen and oxygen atoms in total. The van der Waals surface area contributed by atoms with E-state index in [2.05, 4.69) is 157 Å². The topological polar surface area (TPSA) is 546 Å².